The Hall–Kier alpha value is -1.84. The van der Waals surface area contributed by atoms with Crippen LogP contribution in [-0.4, -0.2) is 17.9 Å². The monoisotopic (exact) mass is 340 g/mol. The van der Waals surface area contributed by atoms with Gasteiger partial charge in [-0.2, -0.15) is 0 Å². The molecular formula is C21H28N2O2. The SMILES string of the molecule is CC(=O)c1ccc(NC(=O)N[C@H](C)C23CC4CC(CC(C4)C2)C3)cc1. The second-order valence-electron chi connectivity index (χ2n) is 8.73. The maximum atomic E-state index is 12.4. The first-order chi connectivity index (χ1) is 11.9. The van der Waals surface area contributed by atoms with E-state index in [2.05, 4.69) is 17.6 Å². The summed E-state index contributed by atoms with van der Waals surface area (Å²) in [5, 5.41) is 6.12. The van der Waals surface area contributed by atoms with Crippen LogP contribution in [0.4, 0.5) is 10.5 Å². The third kappa shape index (κ3) is 3.19. The number of amides is 2. The van der Waals surface area contributed by atoms with Crippen LogP contribution in [-0.2, 0) is 0 Å². The molecule has 0 unspecified atom stereocenters. The first-order valence-electron chi connectivity index (χ1n) is 9.62. The Morgan fingerprint density at radius 3 is 2.00 bits per heavy atom. The number of hydrogen-bond donors (Lipinski definition) is 2. The summed E-state index contributed by atoms with van der Waals surface area (Å²) in [5.74, 6) is 2.69. The van der Waals surface area contributed by atoms with Gasteiger partial charge in [-0.3, -0.25) is 4.79 Å². The summed E-state index contributed by atoms with van der Waals surface area (Å²) in [7, 11) is 0. The molecular weight excluding hydrogens is 312 g/mol. The highest BCUT2D eigenvalue weighted by Gasteiger charge is 2.53. The Balaban J connectivity index is 1.38. The number of carbonyl (C=O) groups excluding carboxylic acids is 2. The van der Waals surface area contributed by atoms with Crippen molar-refractivity contribution in [2.45, 2.75) is 58.4 Å². The lowest BCUT2D eigenvalue weighted by molar-refractivity contribution is -0.0679. The second kappa shape index (κ2) is 6.15. The van der Waals surface area contributed by atoms with Gasteiger partial charge < -0.3 is 10.6 Å². The minimum atomic E-state index is -0.140. The van der Waals surface area contributed by atoms with Gasteiger partial charge in [0, 0.05) is 17.3 Å². The van der Waals surface area contributed by atoms with Crippen LogP contribution in [0.5, 0.6) is 0 Å². The highest BCUT2D eigenvalue weighted by Crippen LogP contribution is 2.61. The Morgan fingerprint density at radius 1 is 1.00 bits per heavy atom. The van der Waals surface area contributed by atoms with Crippen LogP contribution < -0.4 is 10.6 Å². The largest absolute Gasteiger partial charge is 0.335 e. The number of nitrogens with one attached hydrogen (secondary N) is 2. The smallest absolute Gasteiger partial charge is 0.319 e. The van der Waals surface area contributed by atoms with Crippen LogP contribution in [0.15, 0.2) is 24.3 Å². The van der Waals surface area contributed by atoms with E-state index in [1.165, 1.54) is 38.5 Å². The third-order valence-electron chi connectivity index (χ3n) is 6.90. The van der Waals surface area contributed by atoms with Crippen LogP contribution in [0.2, 0.25) is 0 Å². The summed E-state index contributed by atoms with van der Waals surface area (Å²) in [6, 6.07) is 7.13. The molecule has 5 rings (SSSR count). The van der Waals surface area contributed by atoms with Crippen LogP contribution in [0, 0.1) is 23.2 Å². The number of anilines is 1. The van der Waals surface area contributed by atoms with Gasteiger partial charge in [0.05, 0.1) is 0 Å². The molecule has 4 saturated carbocycles. The zero-order valence-electron chi connectivity index (χ0n) is 15.2. The fourth-order valence-electron chi connectivity index (χ4n) is 6.01. The van der Waals surface area contributed by atoms with Gasteiger partial charge in [0.25, 0.3) is 0 Å². The number of hydrogen-bond acceptors (Lipinski definition) is 2. The van der Waals surface area contributed by atoms with Crippen LogP contribution >= 0.6 is 0 Å². The lowest BCUT2D eigenvalue weighted by Gasteiger charge is -2.59. The van der Waals surface area contributed by atoms with Crippen molar-refractivity contribution < 1.29 is 9.59 Å². The average Bonchev–Trinajstić information content (AvgIpc) is 2.54. The molecule has 0 heterocycles. The van der Waals surface area contributed by atoms with Crippen LogP contribution in [0.1, 0.15) is 62.7 Å². The first kappa shape index (κ1) is 16.6. The number of rotatable bonds is 4. The van der Waals surface area contributed by atoms with Crippen molar-refractivity contribution in [3.63, 3.8) is 0 Å². The molecule has 4 nitrogen and oxygen atoms in total. The van der Waals surface area contributed by atoms with Gasteiger partial charge in [0.15, 0.2) is 5.78 Å². The molecule has 0 saturated heterocycles. The van der Waals surface area contributed by atoms with Gasteiger partial charge in [-0.05, 0) is 99.8 Å². The van der Waals surface area contributed by atoms with Crippen LogP contribution in [0.3, 0.4) is 0 Å². The standard InChI is InChI=1S/C21H28N2O2/c1-13(24)18-3-5-19(6-4-18)23-20(25)22-14(2)21-10-15-7-16(11-21)9-17(8-15)12-21/h3-6,14-17H,7-12H2,1-2H3,(H2,22,23,25)/t14-,15?,16?,17?,21?/m1/s1. The van der Waals surface area contributed by atoms with Gasteiger partial charge in [-0.25, -0.2) is 4.79 Å². The van der Waals surface area contributed by atoms with E-state index in [9.17, 15) is 9.59 Å². The minimum absolute atomic E-state index is 0.0337. The van der Waals surface area contributed by atoms with E-state index in [4.69, 9.17) is 0 Å². The maximum absolute atomic E-state index is 12.4. The molecule has 2 N–H and O–H groups in total. The molecule has 4 aliphatic carbocycles. The predicted octanol–water partition coefficient (Wildman–Crippen LogP) is 4.62. The van der Waals surface area contributed by atoms with E-state index in [1.807, 2.05) is 0 Å². The molecule has 0 spiro atoms. The first-order valence-corrected chi connectivity index (χ1v) is 9.62. The fourth-order valence-corrected chi connectivity index (χ4v) is 6.01. The third-order valence-corrected chi connectivity index (χ3v) is 6.90. The molecule has 4 fully saturated rings. The molecule has 0 aliphatic heterocycles. The Bertz CT molecular complexity index is 644. The van der Waals surface area contributed by atoms with Crippen molar-refractivity contribution in [1.82, 2.24) is 5.32 Å². The maximum Gasteiger partial charge on any atom is 0.319 e. The summed E-state index contributed by atoms with van der Waals surface area (Å²) in [6.45, 7) is 3.73. The lowest BCUT2D eigenvalue weighted by Crippen LogP contribution is -2.56. The molecule has 4 aliphatic rings. The van der Waals surface area contributed by atoms with Crippen molar-refractivity contribution in [2.24, 2.45) is 23.2 Å². The van der Waals surface area contributed by atoms with Crippen molar-refractivity contribution in [3.8, 4) is 0 Å². The lowest BCUT2D eigenvalue weighted by atomic mass is 9.48. The number of ketones is 1. The molecule has 0 aromatic heterocycles. The molecule has 1 atom stereocenters. The van der Waals surface area contributed by atoms with E-state index in [-0.39, 0.29) is 17.9 Å². The van der Waals surface area contributed by atoms with E-state index >= 15 is 0 Å². The summed E-state index contributed by atoms with van der Waals surface area (Å²) in [5.41, 5.74) is 1.69. The number of Topliss-reactive ketones (excluding diaryl/α,β-unsaturated/α-hetero) is 1. The zero-order chi connectivity index (χ0) is 17.6. The van der Waals surface area contributed by atoms with Crippen LogP contribution in [0.25, 0.3) is 0 Å². The Labute approximate surface area is 149 Å². The average molecular weight is 340 g/mol. The summed E-state index contributed by atoms with van der Waals surface area (Å²) >= 11 is 0. The summed E-state index contributed by atoms with van der Waals surface area (Å²) < 4.78 is 0. The molecule has 4 bridgehead atoms. The van der Waals surface area contributed by atoms with E-state index in [1.54, 1.807) is 31.2 Å². The topological polar surface area (TPSA) is 58.2 Å². The molecule has 2 amide bonds. The van der Waals surface area contributed by atoms with Gasteiger partial charge in [-0.15, -0.1) is 0 Å². The van der Waals surface area contributed by atoms with Gasteiger partial charge in [0.1, 0.15) is 0 Å². The number of benzene rings is 1. The highest BCUT2D eigenvalue weighted by molar-refractivity contribution is 5.95. The van der Waals surface area contributed by atoms with Crippen molar-refractivity contribution in [1.29, 1.82) is 0 Å². The summed E-state index contributed by atoms with van der Waals surface area (Å²) in [6.07, 6.45) is 8.11. The van der Waals surface area contributed by atoms with Crippen molar-refractivity contribution in [2.75, 3.05) is 5.32 Å². The van der Waals surface area contributed by atoms with Gasteiger partial charge in [0.2, 0.25) is 0 Å². The van der Waals surface area contributed by atoms with E-state index in [0.717, 1.165) is 23.4 Å². The highest BCUT2D eigenvalue weighted by atomic mass is 16.2. The second-order valence-corrected chi connectivity index (χ2v) is 8.73. The van der Waals surface area contributed by atoms with E-state index in [0.29, 0.717) is 11.0 Å². The number of carbonyl (C=O) groups is 2. The Kier molecular flexibility index (Phi) is 4.09. The minimum Gasteiger partial charge on any atom is -0.335 e. The molecule has 134 valence electrons. The molecule has 1 aromatic carbocycles. The molecule has 25 heavy (non-hydrogen) atoms. The number of urea groups is 1. The van der Waals surface area contributed by atoms with Gasteiger partial charge >= 0.3 is 6.03 Å². The Morgan fingerprint density at radius 2 is 1.52 bits per heavy atom. The van der Waals surface area contributed by atoms with E-state index < -0.39 is 0 Å². The molecule has 4 heteroatoms. The zero-order valence-corrected chi connectivity index (χ0v) is 15.2. The predicted molar refractivity (Wildman–Crippen MR) is 98.7 cm³/mol. The fraction of sp³-hybridized carbons (Fsp3) is 0.619. The summed E-state index contributed by atoms with van der Waals surface area (Å²) in [4.78, 5) is 23.8. The normalized spacial score (nSPS) is 33.8. The van der Waals surface area contributed by atoms with Crippen molar-refractivity contribution in [3.05, 3.63) is 29.8 Å². The molecule has 0 radical (unpaired) electrons. The quantitative estimate of drug-likeness (QED) is 0.786. The van der Waals surface area contributed by atoms with Gasteiger partial charge in [-0.1, -0.05) is 0 Å². The molecule has 1 aromatic rings. The van der Waals surface area contributed by atoms with Crippen molar-refractivity contribution >= 4 is 17.5 Å².